The first-order valence-corrected chi connectivity index (χ1v) is 4.24. The van der Waals surface area contributed by atoms with Gasteiger partial charge in [0.1, 0.15) is 0 Å². The molecule has 0 aliphatic heterocycles. The van der Waals surface area contributed by atoms with Gasteiger partial charge < -0.3 is 4.57 Å². The molecule has 3 aromatic rings. The fourth-order valence-corrected chi connectivity index (χ4v) is 1.84. The molecule has 13 heavy (non-hydrogen) atoms. The van der Waals surface area contributed by atoms with Gasteiger partial charge in [-0.15, -0.1) is 0 Å². The van der Waals surface area contributed by atoms with Crippen molar-refractivity contribution in [2.45, 2.75) is 0 Å². The Bertz CT molecular complexity index is 574. The summed E-state index contributed by atoms with van der Waals surface area (Å²) in [5.41, 5.74) is 3.52. The largest absolute Gasteiger partial charge is 0.341 e. The van der Waals surface area contributed by atoms with Gasteiger partial charge >= 0.3 is 0 Å². The fourth-order valence-electron chi connectivity index (χ4n) is 1.84. The van der Waals surface area contributed by atoms with E-state index in [1.807, 2.05) is 12.3 Å². The second kappa shape index (κ2) is 2.13. The van der Waals surface area contributed by atoms with Crippen molar-refractivity contribution in [2.75, 3.05) is 0 Å². The summed E-state index contributed by atoms with van der Waals surface area (Å²) in [4.78, 5) is 0. The summed E-state index contributed by atoms with van der Waals surface area (Å²) >= 11 is 0. The summed E-state index contributed by atoms with van der Waals surface area (Å²) in [5.74, 6) is 0. The maximum absolute atomic E-state index is 4.03. The van der Waals surface area contributed by atoms with Crippen LogP contribution in [0.3, 0.4) is 0 Å². The summed E-state index contributed by atoms with van der Waals surface area (Å²) in [5, 5.41) is 8.27. The highest BCUT2D eigenvalue weighted by atomic mass is 15.1. The van der Waals surface area contributed by atoms with Crippen molar-refractivity contribution in [2.24, 2.45) is 7.05 Å². The van der Waals surface area contributed by atoms with Crippen LogP contribution in [0.15, 0.2) is 30.5 Å². The van der Waals surface area contributed by atoms with Gasteiger partial charge in [-0.1, -0.05) is 18.2 Å². The van der Waals surface area contributed by atoms with Crippen molar-refractivity contribution >= 4 is 21.9 Å². The van der Waals surface area contributed by atoms with Crippen LogP contribution in [0.2, 0.25) is 0 Å². The van der Waals surface area contributed by atoms with Gasteiger partial charge in [-0.2, -0.15) is 5.10 Å². The minimum Gasteiger partial charge on any atom is -0.341 e. The van der Waals surface area contributed by atoms with Crippen LogP contribution in [-0.4, -0.2) is 14.8 Å². The Morgan fingerprint density at radius 3 is 3.00 bits per heavy atom. The van der Waals surface area contributed by atoms with E-state index in [2.05, 4.69) is 40.0 Å². The molecule has 0 saturated heterocycles. The zero-order valence-corrected chi connectivity index (χ0v) is 7.28. The molecule has 1 aromatic carbocycles. The first-order valence-electron chi connectivity index (χ1n) is 4.24. The van der Waals surface area contributed by atoms with Crippen LogP contribution in [0.5, 0.6) is 0 Å². The Morgan fingerprint density at radius 1 is 1.23 bits per heavy atom. The molecule has 0 atom stereocenters. The smallest absolute Gasteiger partial charge is 0.0908 e. The van der Waals surface area contributed by atoms with E-state index in [1.165, 1.54) is 10.9 Å². The van der Waals surface area contributed by atoms with Crippen LogP contribution in [0.4, 0.5) is 0 Å². The first kappa shape index (κ1) is 6.71. The lowest BCUT2D eigenvalue weighted by molar-refractivity contribution is 1.01. The van der Waals surface area contributed by atoms with E-state index in [1.54, 1.807) is 0 Å². The molecule has 0 radical (unpaired) electrons. The Labute approximate surface area is 75.0 Å². The molecule has 0 aliphatic carbocycles. The van der Waals surface area contributed by atoms with E-state index in [9.17, 15) is 0 Å². The highest BCUT2D eigenvalue weighted by Gasteiger charge is 2.07. The lowest BCUT2D eigenvalue weighted by atomic mass is 10.2. The molecule has 0 unspecified atom stereocenters. The monoisotopic (exact) mass is 171 g/mol. The maximum atomic E-state index is 4.03. The highest BCUT2D eigenvalue weighted by molar-refractivity contribution is 6.05. The maximum Gasteiger partial charge on any atom is 0.0908 e. The number of nitrogens with one attached hydrogen (secondary N) is 1. The summed E-state index contributed by atoms with van der Waals surface area (Å²) in [7, 11) is 2.06. The molecule has 0 amide bonds. The summed E-state index contributed by atoms with van der Waals surface area (Å²) < 4.78 is 2.15. The molecule has 3 heteroatoms. The quantitative estimate of drug-likeness (QED) is 0.551. The van der Waals surface area contributed by atoms with Gasteiger partial charge in [0, 0.05) is 12.4 Å². The normalized spacial score (nSPS) is 11.5. The minimum absolute atomic E-state index is 1.12. The molecule has 3 nitrogen and oxygen atoms in total. The van der Waals surface area contributed by atoms with Crippen molar-refractivity contribution in [3.8, 4) is 0 Å². The number of para-hydroxylation sites is 1. The predicted octanol–water partition coefficient (Wildman–Crippen LogP) is 2.05. The van der Waals surface area contributed by atoms with Crippen molar-refractivity contribution in [3.05, 3.63) is 30.5 Å². The van der Waals surface area contributed by atoms with Crippen LogP contribution >= 0.6 is 0 Å². The van der Waals surface area contributed by atoms with Gasteiger partial charge in [0.05, 0.1) is 22.7 Å². The Kier molecular flexibility index (Phi) is 1.10. The minimum atomic E-state index is 1.12. The first-order chi connectivity index (χ1) is 6.38. The Morgan fingerprint density at radius 2 is 2.08 bits per heavy atom. The van der Waals surface area contributed by atoms with Crippen molar-refractivity contribution in [3.63, 3.8) is 0 Å². The molecule has 64 valence electrons. The van der Waals surface area contributed by atoms with Crippen LogP contribution in [0.1, 0.15) is 0 Å². The standard InChI is InChI=1S/C10H9N3/c1-13-8-5-3-2-4-7(8)10-9(13)6-11-12-10/h2-6H,1H3,(H,11,12). The molecule has 0 spiro atoms. The van der Waals surface area contributed by atoms with E-state index >= 15 is 0 Å². The molecule has 3 rings (SSSR count). The molecular formula is C10H9N3. The summed E-state index contributed by atoms with van der Waals surface area (Å²) in [6.45, 7) is 0. The Balaban J connectivity index is 2.72. The van der Waals surface area contributed by atoms with Gasteiger partial charge in [0.15, 0.2) is 0 Å². The second-order valence-corrected chi connectivity index (χ2v) is 3.21. The number of aromatic nitrogens is 3. The SMILES string of the molecule is Cn1c2ccccc2c2[nH]ncc21. The van der Waals surface area contributed by atoms with E-state index in [4.69, 9.17) is 0 Å². The van der Waals surface area contributed by atoms with Gasteiger partial charge in [-0.05, 0) is 6.07 Å². The van der Waals surface area contributed by atoms with E-state index < -0.39 is 0 Å². The number of aromatic amines is 1. The van der Waals surface area contributed by atoms with Crippen LogP contribution in [0, 0.1) is 0 Å². The molecule has 0 saturated carbocycles. The van der Waals surface area contributed by atoms with E-state index in [-0.39, 0.29) is 0 Å². The second-order valence-electron chi connectivity index (χ2n) is 3.21. The molecule has 2 heterocycles. The third-order valence-corrected chi connectivity index (χ3v) is 2.52. The zero-order chi connectivity index (χ0) is 8.84. The number of fused-ring (bicyclic) bond motifs is 3. The van der Waals surface area contributed by atoms with Crippen molar-refractivity contribution < 1.29 is 0 Å². The number of H-pyrrole nitrogens is 1. The zero-order valence-electron chi connectivity index (χ0n) is 7.28. The van der Waals surface area contributed by atoms with Crippen molar-refractivity contribution in [1.82, 2.24) is 14.8 Å². The van der Waals surface area contributed by atoms with E-state index in [0.717, 1.165) is 11.0 Å². The highest BCUT2D eigenvalue weighted by Crippen LogP contribution is 2.25. The topological polar surface area (TPSA) is 33.6 Å². The lowest BCUT2D eigenvalue weighted by Gasteiger charge is -1.94. The molecule has 0 fully saturated rings. The number of hydrogen-bond donors (Lipinski definition) is 1. The van der Waals surface area contributed by atoms with Crippen LogP contribution in [0.25, 0.3) is 21.9 Å². The average Bonchev–Trinajstić information content (AvgIpc) is 2.72. The van der Waals surface area contributed by atoms with E-state index in [0.29, 0.717) is 0 Å². The molecular weight excluding hydrogens is 162 g/mol. The molecule has 0 aliphatic rings. The molecule has 1 N–H and O–H groups in total. The van der Waals surface area contributed by atoms with Crippen molar-refractivity contribution in [1.29, 1.82) is 0 Å². The lowest BCUT2D eigenvalue weighted by Crippen LogP contribution is -1.84. The third-order valence-electron chi connectivity index (χ3n) is 2.52. The summed E-state index contributed by atoms with van der Waals surface area (Å²) in [6, 6.07) is 8.32. The Hall–Kier alpha value is -1.77. The number of benzene rings is 1. The number of aryl methyl sites for hydroxylation is 1. The average molecular weight is 171 g/mol. The predicted molar refractivity (Wildman–Crippen MR) is 52.6 cm³/mol. The fraction of sp³-hybridized carbons (Fsp3) is 0.100. The third kappa shape index (κ3) is 0.710. The van der Waals surface area contributed by atoms with Gasteiger partial charge in [-0.25, -0.2) is 0 Å². The molecule has 0 bridgehead atoms. The molecule has 2 aromatic heterocycles. The van der Waals surface area contributed by atoms with Gasteiger partial charge in [0.2, 0.25) is 0 Å². The summed E-state index contributed by atoms with van der Waals surface area (Å²) in [6.07, 6.45) is 1.86. The van der Waals surface area contributed by atoms with Crippen LogP contribution in [-0.2, 0) is 7.05 Å². The number of rotatable bonds is 0. The van der Waals surface area contributed by atoms with Crippen LogP contribution < -0.4 is 0 Å². The number of hydrogen-bond acceptors (Lipinski definition) is 1. The van der Waals surface area contributed by atoms with Gasteiger partial charge in [-0.3, -0.25) is 5.10 Å². The number of nitrogens with zero attached hydrogens (tertiary/aromatic N) is 2. The van der Waals surface area contributed by atoms with Gasteiger partial charge in [0.25, 0.3) is 0 Å².